The number of halogens is 8. The quantitative estimate of drug-likeness (QED) is 0.122. The predicted octanol–water partition coefficient (Wildman–Crippen LogP) is 13.3. The summed E-state index contributed by atoms with van der Waals surface area (Å²) < 4.78 is 88.4. The molecule has 0 bridgehead atoms. The second-order valence-corrected chi connectivity index (χ2v) is 14.8. The first kappa shape index (κ1) is 42.6. The van der Waals surface area contributed by atoms with E-state index >= 15 is 0 Å². The summed E-state index contributed by atoms with van der Waals surface area (Å²) in [4.78, 5) is 23.6. The molecule has 0 saturated carbocycles. The molecule has 8 aromatic rings. The molecule has 0 aliphatic rings. The van der Waals surface area contributed by atoms with E-state index in [-0.39, 0.29) is 16.9 Å². The van der Waals surface area contributed by atoms with Crippen molar-refractivity contribution >= 4 is 56.9 Å². The fourth-order valence-corrected chi connectivity index (χ4v) is 7.56. The normalized spacial score (nSPS) is 11.7. The van der Waals surface area contributed by atoms with Gasteiger partial charge < -0.3 is 19.0 Å². The fourth-order valence-electron chi connectivity index (χ4n) is 7.22. The Kier molecular flexibility index (Phi) is 12.0. The summed E-state index contributed by atoms with van der Waals surface area (Å²) in [6, 6.07) is 35.1. The number of ether oxygens (including phenoxy) is 1. The van der Waals surface area contributed by atoms with Gasteiger partial charge in [-0.25, -0.2) is 9.59 Å². The van der Waals surface area contributed by atoms with Crippen molar-refractivity contribution in [1.29, 1.82) is 0 Å². The molecule has 0 radical (unpaired) electrons. The van der Waals surface area contributed by atoms with E-state index in [1.165, 1.54) is 46.6 Å². The number of aromatic nitrogens is 2. The van der Waals surface area contributed by atoms with Crippen LogP contribution in [0.4, 0.5) is 26.3 Å². The Morgan fingerprint density at radius 2 is 1.00 bits per heavy atom. The second kappa shape index (κ2) is 17.2. The Hall–Kier alpha value is -6.50. The molecular weight excluding hydrogens is 841 g/mol. The van der Waals surface area contributed by atoms with E-state index in [0.717, 1.165) is 39.6 Å². The maximum absolute atomic E-state index is 13.4. The Morgan fingerprint density at radius 3 is 1.43 bits per heavy atom. The van der Waals surface area contributed by atoms with Gasteiger partial charge in [-0.3, -0.25) is 0 Å². The van der Waals surface area contributed by atoms with E-state index in [1.807, 2.05) is 18.2 Å². The minimum atomic E-state index is -4.46. The topological polar surface area (TPSA) is 73.5 Å². The van der Waals surface area contributed by atoms with Crippen LogP contribution < -0.4 is 0 Å². The number of nitrogens with zero attached hydrogens (tertiary/aromatic N) is 2. The number of carbonyl (C=O) groups is 2. The molecule has 0 amide bonds. The van der Waals surface area contributed by atoms with Crippen LogP contribution in [0.25, 0.3) is 33.2 Å². The summed E-state index contributed by atoms with van der Waals surface area (Å²) in [7, 11) is 1.31. The smallest absolute Gasteiger partial charge is 0.418 e. The Labute approximate surface area is 354 Å². The zero-order valence-electron chi connectivity index (χ0n) is 31.9. The standard InChI is InChI=1S/C24H17ClF3NO2.C23H15ClF3NO2/c1-31-23(30)19-14-18(25)8-7-16(19)12-15-6-9-21-17(13-15)10-11-29(21)22-5-3-2-4-20(22)24(26,27)28;24-17-7-6-15(18(13-17)22(29)30)11-14-5-8-20-16(12-14)9-10-28(20)21-4-2-1-3-19(21)23(25,26)27/h2-11,13-14H,12H2,1H3;1-10,12-13H,11H2,(H,29,30). The monoisotopic (exact) mass is 872 g/mol. The number of benzene rings is 6. The van der Waals surface area contributed by atoms with Crippen LogP contribution in [0.2, 0.25) is 10.0 Å². The molecular formula is C47H32Cl2F6N2O4. The lowest BCUT2D eigenvalue weighted by Crippen LogP contribution is -2.10. The SMILES string of the molecule is COC(=O)c1cc(Cl)ccc1Cc1ccc2c(ccn2-c2ccccc2C(F)(F)F)c1.O=C(O)c1cc(Cl)ccc1Cc1ccc2c(ccn2-c2ccccc2C(F)(F)F)c1. The minimum absolute atomic E-state index is 0.0543. The maximum atomic E-state index is 13.4. The highest BCUT2D eigenvalue weighted by Crippen LogP contribution is 2.37. The zero-order valence-corrected chi connectivity index (χ0v) is 33.4. The van der Waals surface area contributed by atoms with Crippen molar-refractivity contribution < 1.29 is 45.8 Å². The molecule has 0 aliphatic heterocycles. The number of carboxylic acid groups (broad SMARTS) is 1. The highest BCUT2D eigenvalue weighted by atomic mass is 35.5. The minimum Gasteiger partial charge on any atom is -0.478 e. The van der Waals surface area contributed by atoms with Crippen molar-refractivity contribution in [1.82, 2.24) is 9.13 Å². The number of carboxylic acids is 1. The van der Waals surface area contributed by atoms with Gasteiger partial charge in [0, 0.05) is 33.2 Å². The lowest BCUT2D eigenvalue weighted by Gasteiger charge is -2.14. The van der Waals surface area contributed by atoms with Gasteiger partial charge in [0.2, 0.25) is 0 Å². The van der Waals surface area contributed by atoms with E-state index in [4.69, 9.17) is 27.9 Å². The van der Waals surface area contributed by atoms with Gasteiger partial charge in [-0.15, -0.1) is 0 Å². The molecule has 310 valence electrons. The first-order valence-corrected chi connectivity index (χ1v) is 19.2. The number of hydrogen-bond donors (Lipinski definition) is 1. The van der Waals surface area contributed by atoms with Gasteiger partial charge in [0.15, 0.2) is 0 Å². The molecule has 0 saturated heterocycles. The van der Waals surface area contributed by atoms with Crippen LogP contribution in [0.1, 0.15) is 54.1 Å². The summed E-state index contributed by atoms with van der Waals surface area (Å²) >= 11 is 11.9. The van der Waals surface area contributed by atoms with Gasteiger partial charge in [0.25, 0.3) is 0 Å². The molecule has 0 atom stereocenters. The zero-order chi connectivity index (χ0) is 43.6. The number of rotatable bonds is 8. The second-order valence-electron chi connectivity index (χ2n) is 13.9. The summed E-state index contributed by atoms with van der Waals surface area (Å²) in [6.07, 6.45) is -4.88. The number of para-hydroxylation sites is 2. The summed E-state index contributed by atoms with van der Waals surface area (Å²) in [5, 5.41) is 11.7. The number of methoxy groups -OCH3 is 1. The molecule has 14 heteroatoms. The van der Waals surface area contributed by atoms with Crippen LogP contribution in [0.5, 0.6) is 0 Å². The van der Waals surface area contributed by atoms with E-state index in [1.54, 1.807) is 85.2 Å². The predicted molar refractivity (Wildman–Crippen MR) is 223 cm³/mol. The first-order chi connectivity index (χ1) is 29.0. The highest BCUT2D eigenvalue weighted by Gasteiger charge is 2.35. The molecule has 0 fully saturated rings. The van der Waals surface area contributed by atoms with E-state index < -0.39 is 35.4 Å². The lowest BCUT2D eigenvalue weighted by atomic mass is 9.99. The Morgan fingerprint density at radius 1 is 0.574 bits per heavy atom. The average molecular weight is 874 g/mol. The summed E-state index contributed by atoms with van der Waals surface area (Å²) in [5.41, 5.74) is 3.61. The van der Waals surface area contributed by atoms with Crippen molar-refractivity contribution in [3.8, 4) is 11.4 Å². The third kappa shape index (κ3) is 9.30. The number of esters is 1. The fraction of sp³-hybridized carbons (Fsp3) is 0.106. The van der Waals surface area contributed by atoms with E-state index in [9.17, 15) is 41.0 Å². The van der Waals surface area contributed by atoms with Crippen molar-refractivity contribution in [2.45, 2.75) is 25.2 Å². The maximum Gasteiger partial charge on any atom is 0.418 e. The number of alkyl halides is 6. The molecule has 8 rings (SSSR count). The molecule has 0 aliphatic carbocycles. The third-order valence-electron chi connectivity index (χ3n) is 10.0. The van der Waals surface area contributed by atoms with Gasteiger partial charge >= 0.3 is 24.3 Å². The molecule has 6 aromatic carbocycles. The van der Waals surface area contributed by atoms with Crippen molar-refractivity contribution in [3.63, 3.8) is 0 Å². The van der Waals surface area contributed by atoms with E-state index in [2.05, 4.69) is 0 Å². The number of fused-ring (bicyclic) bond motifs is 2. The Balaban J connectivity index is 0.000000184. The Bertz CT molecular complexity index is 2930. The molecule has 2 aromatic heterocycles. The van der Waals surface area contributed by atoms with Crippen molar-refractivity contribution in [2.75, 3.05) is 7.11 Å². The van der Waals surface area contributed by atoms with Crippen molar-refractivity contribution in [3.05, 3.63) is 200 Å². The summed E-state index contributed by atoms with van der Waals surface area (Å²) in [6.45, 7) is 0. The van der Waals surface area contributed by atoms with Crippen LogP contribution in [-0.2, 0) is 29.9 Å². The van der Waals surface area contributed by atoms with Gasteiger partial charge in [-0.2, -0.15) is 26.3 Å². The third-order valence-corrected chi connectivity index (χ3v) is 10.5. The largest absolute Gasteiger partial charge is 0.478 e. The first-order valence-electron chi connectivity index (χ1n) is 18.4. The number of aromatic carboxylic acids is 1. The van der Waals surface area contributed by atoms with Gasteiger partial charge in [0.05, 0.1) is 51.8 Å². The van der Waals surface area contributed by atoms with Crippen molar-refractivity contribution in [2.24, 2.45) is 0 Å². The molecule has 0 unspecified atom stereocenters. The summed E-state index contributed by atoms with van der Waals surface area (Å²) in [5.74, 6) is -1.54. The van der Waals surface area contributed by atoms with Gasteiger partial charge in [0.1, 0.15) is 0 Å². The molecule has 1 N–H and O–H groups in total. The molecule has 2 heterocycles. The molecule has 0 spiro atoms. The van der Waals surface area contributed by atoms with Gasteiger partial charge in [-0.1, -0.05) is 71.7 Å². The van der Waals surface area contributed by atoms with Crippen LogP contribution >= 0.6 is 23.2 Å². The van der Waals surface area contributed by atoms with E-state index in [0.29, 0.717) is 45.0 Å². The van der Waals surface area contributed by atoms with Crippen LogP contribution in [0.15, 0.2) is 146 Å². The van der Waals surface area contributed by atoms with Crippen LogP contribution in [-0.4, -0.2) is 33.3 Å². The molecule has 6 nitrogen and oxygen atoms in total. The van der Waals surface area contributed by atoms with Crippen LogP contribution in [0.3, 0.4) is 0 Å². The molecule has 61 heavy (non-hydrogen) atoms. The number of hydrogen-bond acceptors (Lipinski definition) is 3. The lowest BCUT2D eigenvalue weighted by molar-refractivity contribution is -0.138. The number of carbonyl (C=O) groups excluding carboxylic acids is 1. The highest BCUT2D eigenvalue weighted by molar-refractivity contribution is 6.31. The van der Waals surface area contributed by atoms with Gasteiger partial charge in [-0.05, 0) is 120 Å². The van der Waals surface area contributed by atoms with Crippen LogP contribution in [0, 0.1) is 0 Å². The average Bonchev–Trinajstić information content (AvgIpc) is 3.85.